The quantitative estimate of drug-likeness (QED) is 0.224. The van der Waals surface area contributed by atoms with E-state index in [0.717, 1.165) is 65.5 Å². The van der Waals surface area contributed by atoms with Crippen LogP contribution in [0.2, 0.25) is 0 Å². The summed E-state index contributed by atoms with van der Waals surface area (Å²) in [5, 5.41) is 3.11. The molecule has 0 atom stereocenters. The topological polar surface area (TPSA) is 56.1 Å². The Morgan fingerprint density at radius 1 is 0.667 bits per heavy atom. The molecular weight excluding hydrogens is 504 g/mol. The molecule has 0 saturated heterocycles. The molecule has 0 radical (unpaired) electrons. The minimum Gasteiger partial charge on any atom is -0.456 e. The summed E-state index contributed by atoms with van der Waals surface area (Å²) in [6, 6.07) is 28.5. The lowest BCUT2D eigenvalue weighted by molar-refractivity contribution is 0.605. The average Bonchev–Trinajstić information content (AvgIpc) is 3.70. The number of furan rings is 1. The molecule has 5 nitrogen and oxygen atoms in total. The van der Waals surface area contributed by atoms with Gasteiger partial charge in [-0.2, -0.15) is 4.52 Å². The first-order valence-electron chi connectivity index (χ1n) is 13.0. The Hall–Kier alpha value is -4.68. The maximum absolute atomic E-state index is 13.8. The van der Waals surface area contributed by atoms with E-state index in [0.29, 0.717) is 10.3 Å². The molecular formula is C33H20N2O3S. The molecule has 0 spiro atoms. The molecule has 4 aromatic heterocycles. The van der Waals surface area contributed by atoms with Crippen LogP contribution in [-0.4, -0.2) is 9.03 Å². The highest BCUT2D eigenvalue weighted by atomic mass is 32.1. The molecule has 39 heavy (non-hydrogen) atoms. The Morgan fingerprint density at radius 3 is 2.26 bits per heavy atom. The third kappa shape index (κ3) is 2.37. The third-order valence-electron chi connectivity index (χ3n) is 8.50. The maximum Gasteiger partial charge on any atom is 0.292 e. The van der Waals surface area contributed by atoms with Crippen molar-refractivity contribution in [3.63, 3.8) is 0 Å². The molecule has 0 unspecified atom stereocenters. The van der Waals surface area contributed by atoms with Gasteiger partial charge in [-0.05, 0) is 28.8 Å². The molecule has 0 fully saturated rings. The van der Waals surface area contributed by atoms with Crippen molar-refractivity contribution in [1.29, 1.82) is 0 Å². The largest absolute Gasteiger partial charge is 0.456 e. The standard InChI is InChI=1S/C33H20N2O3S/c1-33(2)22-14-5-3-9-19(22)26-30(33)34-27-21-13-7-12-18(28(21)39-29(27)32(37)35(34)31(26)36)17-11-8-16-24-25(17)20-10-4-6-15-23(20)38-24/h3-16H,1-2H3. The summed E-state index contributed by atoms with van der Waals surface area (Å²) in [6.07, 6.45) is 0. The molecule has 0 bridgehead atoms. The second-order valence-electron chi connectivity index (χ2n) is 10.9. The number of thiophene rings is 1. The fourth-order valence-electron chi connectivity index (χ4n) is 6.86. The molecule has 0 amide bonds. The zero-order valence-corrected chi connectivity index (χ0v) is 21.9. The molecule has 6 heteroatoms. The van der Waals surface area contributed by atoms with Crippen LogP contribution < -0.4 is 11.1 Å². The molecule has 186 valence electrons. The van der Waals surface area contributed by atoms with E-state index < -0.39 is 5.41 Å². The molecule has 4 aromatic carbocycles. The van der Waals surface area contributed by atoms with Crippen molar-refractivity contribution in [1.82, 2.24) is 9.03 Å². The van der Waals surface area contributed by atoms with Gasteiger partial charge in [0.15, 0.2) is 0 Å². The molecule has 1 aliphatic rings. The van der Waals surface area contributed by atoms with Crippen LogP contribution in [0.25, 0.3) is 64.5 Å². The van der Waals surface area contributed by atoms with E-state index in [9.17, 15) is 9.59 Å². The van der Waals surface area contributed by atoms with Crippen LogP contribution in [0.5, 0.6) is 0 Å². The minimum atomic E-state index is -0.425. The number of hydrogen-bond acceptors (Lipinski definition) is 4. The SMILES string of the molecule is CC1(C)c2ccccc2-c2c1n1c3c(sc4c(-c5cccc6oc7ccccc7c56)cccc43)c(=O)n1c2=O. The van der Waals surface area contributed by atoms with E-state index in [4.69, 9.17) is 4.42 Å². The molecule has 4 heterocycles. The normalized spacial score (nSPS) is 14.3. The van der Waals surface area contributed by atoms with E-state index >= 15 is 0 Å². The van der Waals surface area contributed by atoms with Crippen LogP contribution in [0.3, 0.4) is 0 Å². The predicted molar refractivity (Wildman–Crippen MR) is 158 cm³/mol. The number of para-hydroxylation sites is 1. The predicted octanol–water partition coefficient (Wildman–Crippen LogP) is 7.44. The lowest BCUT2D eigenvalue weighted by Crippen LogP contribution is -2.24. The fourth-order valence-corrected chi connectivity index (χ4v) is 8.09. The number of benzene rings is 4. The summed E-state index contributed by atoms with van der Waals surface area (Å²) >= 11 is 1.47. The highest BCUT2D eigenvalue weighted by molar-refractivity contribution is 7.26. The van der Waals surface area contributed by atoms with Crippen molar-refractivity contribution < 1.29 is 4.42 Å². The van der Waals surface area contributed by atoms with E-state index in [-0.39, 0.29) is 11.1 Å². The number of nitrogens with zero attached hydrogens (tertiary/aromatic N) is 2. The molecule has 8 aromatic rings. The van der Waals surface area contributed by atoms with Gasteiger partial charge in [0.05, 0.1) is 16.8 Å². The highest BCUT2D eigenvalue weighted by Gasteiger charge is 2.42. The van der Waals surface area contributed by atoms with Crippen molar-refractivity contribution in [2.75, 3.05) is 0 Å². The van der Waals surface area contributed by atoms with E-state index in [2.05, 4.69) is 44.2 Å². The van der Waals surface area contributed by atoms with E-state index in [1.807, 2.05) is 59.1 Å². The van der Waals surface area contributed by atoms with Gasteiger partial charge in [-0.1, -0.05) is 86.6 Å². The second kappa shape index (κ2) is 6.84. The molecule has 9 rings (SSSR count). The second-order valence-corrected chi connectivity index (χ2v) is 11.9. The Labute approximate surface area is 225 Å². The summed E-state index contributed by atoms with van der Waals surface area (Å²) in [5.41, 5.74) is 7.26. The van der Waals surface area contributed by atoms with Crippen molar-refractivity contribution >= 4 is 53.6 Å². The zero-order valence-electron chi connectivity index (χ0n) is 21.1. The van der Waals surface area contributed by atoms with Crippen molar-refractivity contribution in [3.8, 4) is 22.3 Å². The summed E-state index contributed by atoms with van der Waals surface area (Å²) in [7, 11) is 0. The van der Waals surface area contributed by atoms with Crippen molar-refractivity contribution in [3.05, 3.63) is 117 Å². The van der Waals surface area contributed by atoms with Crippen LogP contribution in [0.4, 0.5) is 0 Å². The Balaban J connectivity index is 1.44. The first-order valence-corrected chi connectivity index (χ1v) is 13.8. The zero-order chi connectivity index (χ0) is 26.2. The molecule has 0 saturated carbocycles. The van der Waals surface area contributed by atoms with Gasteiger partial charge < -0.3 is 4.42 Å². The van der Waals surface area contributed by atoms with Crippen LogP contribution in [0.1, 0.15) is 25.1 Å². The monoisotopic (exact) mass is 524 g/mol. The van der Waals surface area contributed by atoms with Gasteiger partial charge in [-0.15, -0.1) is 11.3 Å². The van der Waals surface area contributed by atoms with Crippen LogP contribution in [0.15, 0.2) is 98.9 Å². The van der Waals surface area contributed by atoms with Crippen LogP contribution in [-0.2, 0) is 5.41 Å². The van der Waals surface area contributed by atoms with Crippen molar-refractivity contribution in [2.45, 2.75) is 19.3 Å². The van der Waals surface area contributed by atoms with Gasteiger partial charge in [0.1, 0.15) is 15.9 Å². The first kappa shape index (κ1) is 21.3. The van der Waals surface area contributed by atoms with Gasteiger partial charge in [0.25, 0.3) is 11.1 Å². The van der Waals surface area contributed by atoms with Gasteiger partial charge in [0, 0.05) is 31.8 Å². The molecule has 0 N–H and O–H groups in total. The van der Waals surface area contributed by atoms with E-state index in [1.54, 1.807) is 0 Å². The first-order chi connectivity index (χ1) is 19.0. The van der Waals surface area contributed by atoms with Gasteiger partial charge in [-0.3, -0.25) is 9.59 Å². The summed E-state index contributed by atoms with van der Waals surface area (Å²) < 4.78 is 11.1. The number of aromatic nitrogens is 2. The summed E-state index contributed by atoms with van der Waals surface area (Å²) in [4.78, 5) is 27.6. The maximum atomic E-state index is 13.8. The van der Waals surface area contributed by atoms with Crippen LogP contribution >= 0.6 is 11.3 Å². The number of rotatable bonds is 1. The Bertz CT molecular complexity index is 2470. The Morgan fingerprint density at radius 2 is 1.36 bits per heavy atom. The average molecular weight is 525 g/mol. The molecule has 1 aliphatic carbocycles. The van der Waals surface area contributed by atoms with Gasteiger partial charge in [-0.25, -0.2) is 4.52 Å². The number of fused-ring (bicyclic) bond motifs is 12. The minimum absolute atomic E-state index is 0.240. The smallest absolute Gasteiger partial charge is 0.292 e. The highest BCUT2D eigenvalue weighted by Crippen LogP contribution is 2.49. The van der Waals surface area contributed by atoms with E-state index in [1.165, 1.54) is 15.9 Å². The molecule has 0 aliphatic heterocycles. The van der Waals surface area contributed by atoms with Crippen LogP contribution in [0, 0.1) is 0 Å². The third-order valence-corrected chi connectivity index (χ3v) is 9.71. The Kier molecular flexibility index (Phi) is 3.73. The fraction of sp³-hybridized carbons (Fsp3) is 0.0909. The summed E-state index contributed by atoms with van der Waals surface area (Å²) in [6.45, 7) is 4.27. The lowest BCUT2D eigenvalue weighted by Gasteiger charge is -2.21. The van der Waals surface area contributed by atoms with Gasteiger partial charge in [0.2, 0.25) is 0 Å². The van der Waals surface area contributed by atoms with Crippen molar-refractivity contribution in [2.24, 2.45) is 0 Å². The van der Waals surface area contributed by atoms with Gasteiger partial charge >= 0.3 is 0 Å². The lowest BCUT2D eigenvalue weighted by atomic mass is 9.85. The summed E-state index contributed by atoms with van der Waals surface area (Å²) in [5.74, 6) is 0. The number of hydrogen-bond donors (Lipinski definition) is 0.